The molecular formula is C25H35N7O3. The van der Waals surface area contributed by atoms with Crippen LogP contribution >= 0.6 is 0 Å². The lowest BCUT2D eigenvalue weighted by Gasteiger charge is -2.16. The third-order valence-electron chi connectivity index (χ3n) is 6.93. The molecule has 10 heteroatoms. The van der Waals surface area contributed by atoms with Gasteiger partial charge in [0.2, 0.25) is 0 Å². The maximum Gasteiger partial charge on any atom is 0.407 e. The summed E-state index contributed by atoms with van der Waals surface area (Å²) in [4.78, 5) is 16.6. The van der Waals surface area contributed by atoms with E-state index in [9.17, 15) is 4.79 Å². The van der Waals surface area contributed by atoms with Gasteiger partial charge in [0, 0.05) is 42.2 Å². The first-order chi connectivity index (χ1) is 17.0. The summed E-state index contributed by atoms with van der Waals surface area (Å²) < 4.78 is 13.2. The summed E-state index contributed by atoms with van der Waals surface area (Å²) in [6, 6.07) is 4.01. The van der Waals surface area contributed by atoms with Crippen LogP contribution in [0.2, 0.25) is 0 Å². The summed E-state index contributed by atoms with van der Waals surface area (Å²) in [5.74, 6) is 1.67. The molecule has 1 amide bonds. The number of carbonyl (C=O) groups is 1. The number of aromatic amines is 1. The topological polar surface area (TPSA) is 118 Å². The van der Waals surface area contributed by atoms with E-state index in [1.807, 2.05) is 25.3 Å². The number of anilines is 2. The van der Waals surface area contributed by atoms with E-state index in [4.69, 9.17) is 9.47 Å². The van der Waals surface area contributed by atoms with Gasteiger partial charge in [-0.1, -0.05) is 19.8 Å². The summed E-state index contributed by atoms with van der Waals surface area (Å²) >= 11 is 0. The van der Waals surface area contributed by atoms with Crippen molar-refractivity contribution in [2.75, 3.05) is 11.9 Å². The number of aromatic nitrogens is 5. The van der Waals surface area contributed by atoms with Crippen LogP contribution in [0.15, 0.2) is 24.5 Å². The van der Waals surface area contributed by atoms with Crippen molar-refractivity contribution in [3.63, 3.8) is 0 Å². The van der Waals surface area contributed by atoms with Gasteiger partial charge in [-0.3, -0.25) is 5.10 Å². The molecule has 188 valence electrons. The van der Waals surface area contributed by atoms with E-state index >= 15 is 0 Å². The zero-order valence-corrected chi connectivity index (χ0v) is 20.5. The Morgan fingerprint density at radius 3 is 3.00 bits per heavy atom. The van der Waals surface area contributed by atoms with Gasteiger partial charge in [-0.15, -0.1) is 0 Å². The van der Waals surface area contributed by atoms with Gasteiger partial charge in [0.25, 0.3) is 0 Å². The first kappa shape index (κ1) is 23.6. The number of hydrogen-bond acceptors (Lipinski definition) is 7. The molecular weight excluding hydrogens is 446 g/mol. The highest BCUT2D eigenvalue weighted by atomic mass is 16.6. The van der Waals surface area contributed by atoms with Crippen molar-refractivity contribution < 1.29 is 14.3 Å². The van der Waals surface area contributed by atoms with Crippen molar-refractivity contribution in [3.8, 4) is 0 Å². The van der Waals surface area contributed by atoms with E-state index in [2.05, 4.69) is 37.8 Å². The maximum atomic E-state index is 12.1. The molecule has 10 nitrogen and oxygen atoms in total. The molecule has 0 saturated heterocycles. The second-order valence-electron chi connectivity index (χ2n) is 10.1. The van der Waals surface area contributed by atoms with E-state index in [0.717, 1.165) is 62.0 Å². The normalized spacial score (nSPS) is 20.7. The molecule has 2 fully saturated rings. The fraction of sp³-hybridized carbons (Fsp3) is 0.600. The number of rotatable bonds is 11. The second kappa shape index (κ2) is 10.2. The van der Waals surface area contributed by atoms with Crippen LogP contribution in [0, 0.1) is 0 Å². The third kappa shape index (κ3) is 5.93. The van der Waals surface area contributed by atoms with Crippen molar-refractivity contribution in [1.82, 2.24) is 30.1 Å². The molecule has 0 bridgehead atoms. The number of alkyl carbamates (subject to hydrolysis) is 1. The summed E-state index contributed by atoms with van der Waals surface area (Å²) in [7, 11) is 0. The zero-order valence-electron chi connectivity index (χ0n) is 20.5. The zero-order chi connectivity index (χ0) is 24.3. The number of ether oxygens (including phenoxy) is 2. The average molecular weight is 482 g/mol. The molecule has 3 heterocycles. The fourth-order valence-corrected chi connectivity index (χ4v) is 4.57. The van der Waals surface area contributed by atoms with Gasteiger partial charge >= 0.3 is 6.09 Å². The number of carbonyl (C=O) groups excluding carboxylic acids is 1. The quantitative estimate of drug-likeness (QED) is 0.336. The third-order valence-corrected chi connectivity index (χ3v) is 6.93. The molecule has 3 aromatic heterocycles. The molecule has 0 radical (unpaired) electrons. The Morgan fingerprint density at radius 2 is 2.17 bits per heavy atom. The standard InChI is InChI=1S/C25H35N7O3/c1-3-4-5-12-34-16-18-14-21-23(26-10-11-32(21)31-18)27-22-15-20(29-30-22)17-6-7-19(13-17)35-24(33)28-25(2)8-9-25/h10-11,14-15,17,19H,3-9,12-13,16H2,1-2H3,(H,28,33)(H2,26,27,29,30). The highest BCUT2D eigenvalue weighted by molar-refractivity contribution is 5.72. The number of nitrogens with zero attached hydrogens (tertiary/aromatic N) is 4. The summed E-state index contributed by atoms with van der Waals surface area (Å²) in [6.45, 7) is 5.47. The van der Waals surface area contributed by atoms with Crippen LogP contribution in [0.25, 0.3) is 5.52 Å². The molecule has 0 spiro atoms. The minimum atomic E-state index is -0.298. The molecule has 2 aliphatic rings. The smallest absolute Gasteiger partial charge is 0.407 e. The molecule has 2 saturated carbocycles. The number of H-pyrrole nitrogens is 1. The van der Waals surface area contributed by atoms with Crippen LogP contribution in [0.1, 0.15) is 82.5 Å². The second-order valence-corrected chi connectivity index (χ2v) is 10.1. The van der Waals surface area contributed by atoms with Crippen molar-refractivity contribution in [2.45, 2.75) is 89.4 Å². The highest BCUT2D eigenvalue weighted by Crippen LogP contribution is 2.37. The molecule has 0 aromatic carbocycles. The Balaban J connectivity index is 1.16. The Hall–Kier alpha value is -3.14. The molecule has 35 heavy (non-hydrogen) atoms. The molecule has 2 atom stereocenters. The van der Waals surface area contributed by atoms with E-state index in [1.54, 1.807) is 10.7 Å². The Labute approximate surface area is 205 Å². The van der Waals surface area contributed by atoms with Crippen LogP contribution in [0.5, 0.6) is 0 Å². The van der Waals surface area contributed by atoms with Gasteiger partial charge in [-0.25, -0.2) is 14.3 Å². The molecule has 2 unspecified atom stereocenters. The van der Waals surface area contributed by atoms with Crippen LogP contribution in [-0.2, 0) is 16.1 Å². The monoisotopic (exact) mass is 481 g/mol. The minimum absolute atomic E-state index is 0.0616. The molecule has 5 rings (SSSR count). The molecule has 3 N–H and O–H groups in total. The van der Waals surface area contributed by atoms with E-state index < -0.39 is 0 Å². The first-order valence-electron chi connectivity index (χ1n) is 12.7. The SMILES string of the molecule is CCCCCOCc1cc2c(Nc3cc(C4CCC(OC(=O)NC5(C)CC5)C4)[nH]n3)nccn2n1. The van der Waals surface area contributed by atoms with Gasteiger partial charge in [-0.05, 0) is 51.5 Å². The Bertz CT molecular complexity index is 1150. The minimum Gasteiger partial charge on any atom is -0.446 e. The lowest BCUT2D eigenvalue weighted by atomic mass is 10.0. The Kier molecular flexibility index (Phi) is 6.90. The summed E-state index contributed by atoms with van der Waals surface area (Å²) in [5, 5.41) is 18.5. The fourth-order valence-electron chi connectivity index (χ4n) is 4.57. The predicted octanol–water partition coefficient (Wildman–Crippen LogP) is 4.82. The van der Waals surface area contributed by atoms with Crippen molar-refractivity contribution in [2.24, 2.45) is 0 Å². The maximum absolute atomic E-state index is 12.1. The van der Waals surface area contributed by atoms with Gasteiger partial charge in [-0.2, -0.15) is 10.2 Å². The number of nitrogens with one attached hydrogen (secondary N) is 3. The lowest BCUT2D eigenvalue weighted by molar-refractivity contribution is 0.0967. The van der Waals surface area contributed by atoms with Crippen LogP contribution in [-0.4, -0.2) is 49.1 Å². The molecule has 0 aliphatic heterocycles. The summed E-state index contributed by atoms with van der Waals surface area (Å²) in [5.41, 5.74) is 2.72. The van der Waals surface area contributed by atoms with Gasteiger partial charge in [0.05, 0.1) is 12.3 Å². The Morgan fingerprint density at radius 1 is 1.29 bits per heavy atom. The van der Waals surface area contributed by atoms with Crippen molar-refractivity contribution in [1.29, 1.82) is 0 Å². The van der Waals surface area contributed by atoms with Crippen LogP contribution < -0.4 is 10.6 Å². The van der Waals surface area contributed by atoms with E-state index in [0.29, 0.717) is 18.2 Å². The molecule has 2 aliphatic carbocycles. The predicted molar refractivity (Wildman–Crippen MR) is 132 cm³/mol. The summed E-state index contributed by atoms with van der Waals surface area (Å²) in [6.07, 6.45) is 11.3. The number of amides is 1. The van der Waals surface area contributed by atoms with Gasteiger partial charge < -0.3 is 20.1 Å². The van der Waals surface area contributed by atoms with E-state index in [1.165, 1.54) is 12.8 Å². The van der Waals surface area contributed by atoms with Gasteiger partial charge in [0.1, 0.15) is 11.6 Å². The highest BCUT2D eigenvalue weighted by Gasteiger charge is 2.40. The van der Waals surface area contributed by atoms with Crippen LogP contribution in [0.4, 0.5) is 16.4 Å². The first-order valence-corrected chi connectivity index (χ1v) is 12.7. The molecule has 3 aromatic rings. The van der Waals surface area contributed by atoms with Gasteiger partial charge in [0.15, 0.2) is 11.6 Å². The van der Waals surface area contributed by atoms with Crippen LogP contribution in [0.3, 0.4) is 0 Å². The van der Waals surface area contributed by atoms with Crippen molar-refractivity contribution in [3.05, 3.63) is 35.9 Å². The lowest BCUT2D eigenvalue weighted by Crippen LogP contribution is -2.36. The number of fused-ring (bicyclic) bond motifs is 1. The largest absolute Gasteiger partial charge is 0.446 e. The van der Waals surface area contributed by atoms with E-state index in [-0.39, 0.29) is 23.7 Å². The van der Waals surface area contributed by atoms with Crippen molar-refractivity contribution >= 4 is 23.2 Å². The number of hydrogen-bond donors (Lipinski definition) is 3. The average Bonchev–Trinajstić information content (AvgIpc) is 3.25. The number of unbranched alkanes of at least 4 members (excludes halogenated alkanes) is 2.